The van der Waals surface area contributed by atoms with E-state index in [1.54, 1.807) is 12.1 Å². The maximum absolute atomic E-state index is 11.0. The standard InChI is InChI=1S/C16H19N3O2/c1-12-14(3-2-4-16(12)19(20)21)11-18-8-7-13(10-18)9-17-15-5-6-15/h2-4,7-8,10,15,17H,5-6,9,11H2,1H3. The third-order valence-corrected chi connectivity index (χ3v) is 3.95. The van der Waals surface area contributed by atoms with Crippen LogP contribution in [0.25, 0.3) is 0 Å². The zero-order valence-corrected chi connectivity index (χ0v) is 12.1. The molecule has 1 fully saturated rings. The molecule has 3 rings (SSSR count). The molecular weight excluding hydrogens is 266 g/mol. The van der Waals surface area contributed by atoms with Crippen LogP contribution in [0.1, 0.15) is 29.5 Å². The molecular formula is C16H19N3O2. The number of nitro groups is 1. The van der Waals surface area contributed by atoms with Crippen molar-refractivity contribution in [3.8, 4) is 0 Å². The third kappa shape index (κ3) is 3.31. The van der Waals surface area contributed by atoms with Gasteiger partial charge in [-0.3, -0.25) is 10.1 Å². The molecule has 5 heteroatoms. The number of nitrogens with one attached hydrogen (secondary N) is 1. The van der Waals surface area contributed by atoms with Gasteiger partial charge in [-0.25, -0.2) is 0 Å². The molecule has 1 aromatic heterocycles. The second-order valence-electron chi connectivity index (χ2n) is 5.67. The van der Waals surface area contributed by atoms with E-state index in [2.05, 4.69) is 22.1 Å². The second-order valence-corrected chi connectivity index (χ2v) is 5.67. The van der Waals surface area contributed by atoms with E-state index in [1.165, 1.54) is 18.4 Å². The summed E-state index contributed by atoms with van der Waals surface area (Å²) in [6.45, 7) is 3.37. The predicted octanol–water partition coefficient (Wildman–Crippen LogP) is 3.01. The fourth-order valence-electron chi connectivity index (χ4n) is 2.48. The minimum atomic E-state index is -0.320. The average molecular weight is 285 g/mol. The van der Waals surface area contributed by atoms with Crippen LogP contribution in [0.4, 0.5) is 5.69 Å². The average Bonchev–Trinajstić information content (AvgIpc) is 3.18. The zero-order chi connectivity index (χ0) is 14.8. The van der Waals surface area contributed by atoms with E-state index in [0.29, 0.717) is 12.6 Å². The molecule has 0 atom stereocenters. The zero-order valence-electron chi connectivity index (χ0n) is 12.1. The van der Waals surface area contributed by atoms with Crippen LogP contribution in [0.3, 0.4) is 0 Å². The van der Waals surface area contributed by atoms with Crippen LogP contribution < -0.4 is 5.32 Å². The lowest BCUT2D eigenvalue weighted by Crippen LogP contribution is -2.14. The van der Waals surface area contributed by atoms with E-state index in [1.807, 2.05) is 19.2 Å². The maximum atomic E-state index is 11.0. The Bertz CT molecular complexity index is 659. The van der Waals surface area contributed by atoms with Gasteiger partial charge in [-0.15, -0.1) is 0 Å². The van der Waals surface area contributed by atoms with Crippen molar-refractivity contribution in [3.05, 3.63) is 63.5 Å². The molecule has 110 valence electrons. The Morgan fingerprint density at radius 3 is 2.90 bits per heavy atom. The number of hydrogen-bond acceptors (Lipinski definition) is 3. The highest BCUT2D eigenvalue weighted by Gasteiger charge is 2.20. The van der Waals surface area contributed by atoms with Crippen LogP contribution in [0.15, 0.2) is 36.7 Å². The van der Waals surface area contributed by atoms with Crippen LogP contribution in [-0.2, 0) is 13.1 Å². The molecule has 5 nitrogen and oxygen atoms in total. The van der Waals surface area contributed by atoms with Gasteiger partial charge in [-0.05, 0) is 37.0 Å². The van der Waals surface area contributed by atoms with Gasteiger partial charge in [-0.1, -0.05) is 12.1 Å². The number of nitro benzene ring substituents is 1. The van der Waals surface area contributed by atoms with Gasteiger partial charge in [0.15, 0.2) is 0 Å². The molecule has 1 aromatic carbocycles. The fourth-order valence-corrected chi connectivity index (χ4v) is 2.48. The first-order valence-corrected chi connectivity index (χ1v) is 7.24. The highest BCUT2D eigenvalue weighted by Crippen LogP contribution is 2.22. The number of nitrogens with zero attached hydrogens (tertiary/aromatic N) is 2. The monoisotopic (exact) mass is 285 g/mol. The van der Waals surface area contributed by atoms with Crippen LogP contribution >= 0.6 is 0 Å². The second kappa shape index (κ2) is 5.69. The first-order chi connectivity index (χ1) is 10.1. The lowest BCUT2D eigenvalue weighted by atomic mass is 10.1. The molecule has 0 unspecified atom stereocenters. The molecule has 1 heterocycles. The van der Waals surface area contributed by atoms with Crippen molar-refractivity contribution < 1.29 is 4.92 Å². The Kier molecular flexibility index (Phi) is 3.75. The van der Waals surface area contributed by atoms with Crippen molar-refractivity contribution >= 4 is 5.69 Å². The summed E-state index contributed by atoms with van der Waals surface area (Å²) in [4.78, 5) is 10.7. The third-order valence-electron chi connectivity index (χ3n) is 3.95. The Morgan fingerprint density at radius 2 is 2.19 bits per heavy atom. The molecule has 1 aliphatic rings. The highest BCUT2D eigenvalue weighted by atomic mass is 16.6. The molecule has 0 saturated heterocycles. The molecule has 21 heavy (non-hydrogen) atoms. The van der Waals surface area contributed by atoms with Gasteiger partial charge >= 0.3 is 0 Å². The SMILES string of the molecule is Cc1c(Cn2ccc(CNC3CC3)c2)cccc1[N+](=O)[O-]. The van der Waals surface area contributed by atoms with Crippen LogP contribution in [0.2, 0.25) is 0 Å². The summed E-state index contributed by atoms with van der Waals surface area (Å²) >= 11 is 0. The van der Waals surface area contributed by atoms with Gasteiger partial charge in [0.25, 0.3) is 5.69 Å². The van der Waals surface area contributed by atoms with E-state index in [-0.39, 0.29) is 10.6 Å². The first kappa shape index (κ1) is 13.8. The molecule has 0 aliphatic heterocycles. The first-order valence-electron chi connectivity index (χ1n) is 7.24. The number of rotatable bonds is 6. The van der Waals surface area contributed by atoms with Crippen molar-refractivity contribution in [2.75, 3.05) is 0 Å². The Balaban J connectivity index is 1.71. The fraction of sp³-hybridized carbons (Fsp3) is 0.375. The minimum absolute atomic E-state index is 0.190. The van der Waals surface area contributed by atoms with E-state index < -0.39 is 0 Å². The topological polar surface area (TPSA) is 60.1 Å². The van der Waals surface area contributed by atoms with Crippen molar-refractivity contribution in [1.29, 1.82) is 0 Å². The highest BCUT2D eigenvalue weighted by molar-refractivity contribution is 5.44. The van der Waals surface area contributed by atoms with Gasteiger partial charge in [0.05, 0.1) is 4.92 Å². The molecule has 0 amide bonds. The number of benzene rings is 1. The predicted molar refractivity (Wildman–Crippen MR) is 81.2 cm³/mol. The van der Waals surface area contributed by atoms with E-state index in [0.717, 1.165) is 17.7 Å². The van der Waals surface area contributed by atoms with Gasteiger partial charge < -0.3 is 9.88 Å². The van der Waals surface area contributed by atoms with Crippen molar-refractivity contribution in [3.63, 3.8) is 0 Å². The Hall–Kier alpha value is -2.14. The summed E-state index contributed by atoms with van der Waals surface area (Å²) < 4.78 is 2.08. The van der Waals surface area contributed by atoms with Gasteiger partial charge in [0, 0.05) is 43.2 Å². The molecule has 2 aromatic rings. The van der Waals surface area contributed by atoms with Gasteiger partial charge in [0.2, 0.25) is 0 Å². The minimum Gasteiger partial charge on any atom is -0.350 e. The van der Waals surface area contributed by atoms with Crippen molar-refractivity contribution in [2.24, 2.45) is 0 Å². The van der Waals surface area contributed by atoms with Crippen molar-refractivity contribution in [2.45, 2.75) is 38.9 Å². The van der Waals surface area contributed by atoms with E-state index in [9.17, 15) is 10.1 Å². The largest absolute Gasteiger partial charge is 0.350 e. The summed E-state index contributed by atoms with van der Waals surface area (Å²) in [6, 6.07) is 8.05. The van der Waals surface area contributed by atoms with Crippen LogP contribution in [-0.4, -0.2) is 15.5 Å². The molecule has 1 N–H and O–H groups in total. The summed E-state index contributed by atoms with van der Waals surface area (Å²) in [5.41, 5.74) is 3.18. The number of aromatic nitrogens is 1. The molecule has 0 bridgehead atoms. The number of hydrogen-bond donors (Lipinski definition) is 1. The van der Waals surface area contributed by atoms with E-state index in [4.69, 9.17) is 0 Å². The lowest BCUT2D eigenvalue weighted by Gasteiger charge is -2.07. The van der Waals surface area contributed by atoms with Crippen molar-refractivity contribution in [1.82, 2.24) is 9.88 Å². The van der Waals surface area contributed by atoms with Gasteiger partial charge in [0.1, 0.15) is 0 Å². The summed E-state index contributed by atoms with van der Waals surface area (Å²) in [6.07, 6.45) is 6.71. The Morgan fingerprint density at radius 1 is 1.38 bits per heavy atom. The molecule has 0 radical (unpaired) electrons. The van der Waals surface area contributed by atoms with Gasteiger partial charge in [-0.2, -0.15) is 0 Å². The maximum Gasteiger partial charge on any atom is 0.272 e. The van der Waals surface area contributed by atoms with Crippen LogP contribution in [0.5, 0.6) is 0 Å². The Labute approximate surface area is 123 Å². The van der Waals surface area contributed by atoms with E-state index >= 15 is 0 Å². The quantitative estimate of drug-likeness (QED) is 0.655. The summed E-state index contributed by atoms with van der Waals surface area (Å²) in [5.74, 6) is 0. The summed E-state index contributed by atoms with van der Waals surface area (Å²) in [7, 11) is 0. The smallest absolute Gasteiger partial charge is 0.272 e. The summed E-state index contributed by atoms with van der Waals surface area (Å²) in [5, 5.41) is 14.5. The van der Waals surface area contributed by atoms with Crippen LogP contribution in [0, 0.1) is 17.0 Å². The molecule has 0 spiro atoms. The molecule has 1 aliphatic carbocycles. The molecule has 1 saturated carbocycles. The lowest BCUT2D eigenvalue weighted by molar-refractivity contribution is -0.385. The normalized spacial score (nSPS) is 14.3.